The molecule has 0 saturated carbocycles. The molecule has 3 heterocycles. The van der Waals surface area contributed by atoms with Crippen LogP contribution < -0.4 is 0 Å². The summed E-state index contributed by atoms with van der Waals surface area (Å²) in [6.07, 6.45) is 8.70. The molecule has 0 spiro atoms. The Bertz CT molecular complexity index is 685. The van der Waals surface area contributed by atoms with E-state index in [0.29, 0.717) is 5.65 Å². The van der Waals surface area contributed by atoms with Gasteiger partial charge in [-0.3, -0.25) is 0 Å². The molecule has 0 radical (unpaired) electrons. The Morgan fingerprint density at radius 2 is 2.33 bits per heavy atom. The van der Waals surface area contributed by atoms with E-state index in [4.69, 9.17) is 0 Å². The molecule has 0 aliphatic carbocycles. The molecule has 0 amide bonds. The standard InChI is InChI=1S/C11H10N6S/c1-18-11-9-10(13-6-14-11)17(7-15-9)16-5-8-3-2-4-12-8/h2-7,12H,1H3. The SMILES string of the molecule is CSc1ncnc2c1ncn2N=Cc1ccc[nH]1. The van der Waals surface area contributed by atoms with E-state index in [1.807, 2.05) is 24.6 Å². The molecule has 0 saturated heterocycles. The maximum absolute atomic E-state index is 4.31. The van der Waals surface area contributed by atoms with Crippen LogP contribution in [0.3, 0.4) is 0 Å². The van der Waals surface area contributed by atoms with Crippen LogP contribution in [0.25, 0.3) is 11.2 Å². The Hall–Kier alpha value is -2.15. The normalized spacial score (nSPS) is 11.6. The highest BCUT2D eigenvalue weighted by molar-refractivity contribution is 7.98. The summed E-state index contributed by atoms with van der Waals surface area (Å²) in [7, 11) is 0. The molecule has 0 fully saturated rings. The number of aromatic amines is 1. The van der Waals surface area contributed by atoms with Crippen molar-refractivity contribution in [1.82, 2.24) is 24.6 Å². The van der Waals surface area contributed by atoms with E-state index in [1.54, 1.807) is 29.0 Å². The molecule has 0 aromatic carbocycles. The number of hydrogen-bond acceptors (Lipinski definition) is 5. The first-order valence-corrected chi connectivity index (χ1v) is 6.51. The van der Waals surface area contributed by atoms with E-state index in [1.165, 1.54) is 6.33 Å². The summed E-state index contributed by atoms with van der Waals surface area (Å²) in [5.74, 6) is 0. The predicted octanol–water partition coefficient (Wildman–Crippen LogP) is 1.76. The summed E-state index contributed by atoms with van der Waals surface area (Å²) in [4.78, 5) is 15.7. The Kier molecular flexibility index (Phi) is 2.81. The lowest BCUT2D eigenvalue weighted by molar-refractivity contribution is 0.894. The highest BCUT2D eigenvalue weighted by atomic mass is 32.2. The zero-order valence-electron chi connectivity index (χ0n) is 9.61. The van der Waals surface area contributed by atoms with Crippen molar-refractivity contribution in [3.63, 3.8) is 0 Å². The van der Waals surface area contributed by atoms with Crippen molar-refractivity contribution in [1.29, 1.82) is 0 Å². The molecule has 7 heteroatoms. The summed E-state index contributed by atoms with van der Waals surface area (Å²) in [6, 6.07) is 3.85. The molecule has 0 aliphatic heterocycles. The monoisotopic (exact) mass is 258 g/mol. The zero-order valence-corrected chi connectivity index (χ0v) is 10.4. The number of thioether (sulfide) groups is 1. The number of rotatable bonds is 3. The van der Waals surface area contributed by atoms with Crippen LogP contribution in [-0.2, 0) is 0 Å². The largest absolute Gasteiger partial charge is 0.360 e. The van der Waals surface area contributed by atoms with Crippen molar-refractivity contribution in [3.8, 4) is 0 Å². The Morgan fingerprint density at radius 3 is 3.11 bits per heavy atom. The quantitative estimate of drug-likeness (QED) is 0.441. The van der Waals surface area contributed by atoms with Gasteiger partial charge < -0.3 is 4.98 Å². The molecule has 1 N–H and O–H groups in total. The lowest BCUT2D eigenvalue weighted by atomic mass is 10.5. The van der Waals surface area contributed by atoms with Gasteiger partial charge in [0.05, 0.1) is 11.9 Å². The van der Waals surface area contributed by atoms with Crippen molar-refractivity contribution in [2.45, 2.75) is 5.03 Å². The second-order valence-electron chi connectivity index (χ2n) is 3.51. The van der Waals surface area contributed by atoms with Crippen LogP contribution >= 0.6 is 11.8 Å². The van der Waals surface area contributed by atoms with Gasteiger partial charge in [-0.05, 0) is 18.4 Å². The van der Waals surface area contributed by atoms with Crippen LogP contribution in [0.4, 0.5) is 0 Å². The molecule has 0 atom stereocenters. The van der Waals surface area contributed by atoms with E-state index in [-0.39, 0.29) is 0 Å². The number of fused-ring (bicyclic) bond motifs is 1. The predicted molar refractivity (Wildman–Crippen MR) is 70.9 cm³/mol. The van der Waals surface area contributed by atoms with Gasteiger partial charge in [0.2, 0.25) is 0 Å². The lowest BCUT2D eigenvalue weighted by Crippen LogP contribution is -1.92. The average Bonchev–Trinajstić information content (AvgIpc) is 3.05. The summed E-state index contributed by atoms with van der Waals surface area (Å²) < 4.78 is 1.64. The molecule has 3 rings (SSSR count). The first kappa shape index (κ1) is 11.0. The fourth-order valence-corrected chi connectivity index (χ4v) is 2.07. The van der Waals surface area contributed by atoms with Crippen LogP contribution in [0.5, 0.6) is 0 Å². The summed E-state index contributed by atoms with van der Waals surface area (Å²) in [5.41, 5.74) is 2.40. The Balaban J connectivity index is 2.03. The van der Waals surface area contributed by atoms with Crippen molar-refractivity contribution >= 4 is 29.1 Å². The fraction of sp³-hybridized carbons (Fsp3) is 0.0909. The molecule has 18 heavy (non-hydrogen) atoms. The number of hydrogen-bond donors (Lipinski definition) is 1. The first-order chi connectivity index (χ1) is 8.88. The lowest BCUT2D eigenvalue weighted by Gasteiger charge is -1.96. The highest BCUT2D eigenvalue weighted by Crippen LogP contribution is 2.20. The number of imidazole rings is 1. The van der Waals surface area contributed by atoms with E-state index < -0.39 is 0 Å². The maximum atomic E-state index is 4.31. The van der Waals surface area contributed by atoms with Crippen molar-refractivity contribution in [3.05, 3.63) is 36.7 Å². The van der Waals surface area contributed by atoms with Gasteiger partial charge in [0.1, 0.15) is 23.2 Å². The van der Waals surface area contributed by atoms with E-state index >= 15 is 0 Å². The third-order valence-electron chi connectivity index (χ3n) is 2.42. The van der Waals surface area contributed by atoms with Crippen molar-refractivity contribution in [2.24, 2.45) is 5.10 Å². The Labute approximate surface area is 107 Å². The Morgan fingerprint density at radius 1 is 1.39 bits per heavy atom. The highest BCUT2D eigenvalue weighted by Gasteiger charge is 2.08. The van der Waals surface area contributed by atoms with E-state index in [2.05, 4.69) is 25.0 Å². The van der Waals surface area contributed by atoms with Gasteiger partial charge in [0.15, 0.2) is 5.65 Å². The maximum Gasteiger partial charge on any atom is 0.185 e. The molecular weight excluding hydrogens is 248 g/mol. The topological polar surface area (TPSA) is 71.8 Å². The number of nitrogens with one attached hydrogen (secondary N) is 1. The molecular formula is C11H10N6S. The van der Waals surface area contributed by atoms with Crippen LogP contribution in [0.2, 0.25) is 0 Å². The van der Waals surface area contributed by atoms with E-state index in [9.17, 15) is 0 Å². The second-order valence-corrected chi connectivity index (χ2v) is 4.31. The van der Waals surface area contributed by atoms with Gasteiger partial charge in [0.25, 0.3) is 0 Å². The third-order valence-corrected chi connectivity index (χ3v) is 3.10. The van der Waals surface area contributed by atoms with Gasteiger partial charge >= 0.3 is 0 Å². The summed E-state index contributed by atoms with van der Waals surface area (Å²) in [6.45, 7) is 0. The van der Waals surface area contributed by atoms with Gasteiger partial charge in [-0.15, -0.1) is 11.8 Å². The number of nitrogens with zero attached hydrogens (tertiary/aromatic N) is 5. The molecule has 3 aromatic rings. The minimum Gasteiger partial charge on any atom is -0.360 e. The zero-order chi connectivity index (χ0) is 12.4. The van der Waals surface area contributed by atoms with Gasteiger partial charge in [-0.2, -0.15) is 5.10 Å². The van der Waals surface area contributed by atoms with E-state index in [0.717, 1.165) is 16.2 Å². The average molecular weight is 258 g/mol. The van der Waals surface area contributed by atoms with Gasteiger partial charge in [0, 0.05) is 6.20 Å². The van der Waals surface area contributed by atoms with Crippen LogP contribution in [-0.4, -0.2) is 37.1 Å². The minimum absolute atomic E-state index is 0.706. The molecule has 90 valence electrons. The smallest absolute Gasteiger partial charge is 0.185 e. The van der Waals surface area contributed by atoms with Gasteiger partial charge in [-0.25, -0.2) is 19.6 Å². The van der Waals surface area contributed by atoms with Crippen LogP contribution in [0, 0.1) is 0 Å². The number of H-pyrrole nitrogens is 1. The molecule has 0 unspecified atom stereocenters. The van der Waals surface area contributed by atoms with Crippen LogP contribution in [0.15, 0.2) is 41.1 Å². The van der Waals surface area contributed by atoms with Crippen molar-refractivity contribution < 1.29 is 0 Å². The first-order valence-electron chi connectivity index (χ1n) is 5.28. The second kappa shape index (κ2) is 4.61. The number of aromatic nitrogens is 5. The minimum atomic E-state index is 0.706. The van der Waals surface area contributed by atoms with Crippen molar-refractivity contribution in [2.75, 3.05) is 6.26 Å². The van der Waals surface area contributed by atoms with Gasteiger partial charge in [-0.1, -0.05) is 0 Å². The molecule has 0 aliphatic rings. The molecule has 3 aromatic heterocycles. The third kappa shape index (κ3) is 1.88. The molecule has 0 bridgehead atoms. The van der Waals surface area contributed by atoms with Crippen LogP contribution in [0.1, 0.15) is 5.69 Å². The summed E-state index contributed by atoms with van der Waals surface area (Å²) in [5, 5.41) is 5.17. The summed E-state index contributed by atoms with van der Waals surface area (Å²) >= 11 is 1.54. The molecule has 6 nitrogen and oxygen atoms in total. The fourth-order valence-electron chi connectivity index (χ4n) is 1.58.